The van der Waals surface area contributed by atoms with Gasteiger partial charge in [0.15, 0.2) is 0 Å². The molecule has 2 saturated heterocycles. The number of hydrogen-bond acceptors (Lipinski definition) is 7. The molecule has 0 aromatic heterocycles. The first-order chi connectivity index (χ1) is 13.9. The van der Waals surface area contributed by atoms with E-state index < -0.39 is 47.8 Å². The number of likely N-dealkylation sites (tertiary alicyclic amines) is 2. The van der Waals surface area contributed by atoms with E-state index in [0.717, 1.165) is 0 Å². The third kappa shape index (κ3) is 5.41. The van der Waals surface area contributed by atoms with Crippen molar-refractivity contribution in [3.8, 4) is 0 Å². The zero-order valence-corrected chi connectivity index (χ0v) is 18.5. The van der Waals surface area contributed by atoms with Gasteiger partial charge in [0.25, 0.3) is 0 Å². The average Bonchev–Trinajstić information content (AvgIpc) is 3.22. The third-order valence-electron chi connectivity index (χ3n) is 5.16. The van der Waals surface area contributed by atoms with Crippen molar-refractivity contribution in [2.45, 2.75) is 77.3 Å². The van der Waals surface area contributed by atoms with Crippen molar-refractivity contribution in [2.75, 3.05) is 20.2 Å². The standard InChI is InChI=1S/C20H33N3O7/c1-11(2)17(26)23-10-12(9-13(23)18(27)29-6)21-16(25)15-14(24)7-8-22(15)19(28)30-20(3,4)5/h11-15,24H,7-10H2,1-6H3,(H,21,25)/t12-,13-,14-,15+/m1/s1. The van der Waals surface area contributed by atoms with Crippen molar-refractivity contribution in [2.24, 2.45) is 5.92 Å². The van der Waals surface area contributed by atoms with E-state index in [-0.39, 0.29) is 37.8 Å². The monoisotopic (exact) mass is 427 g/mol. The number of aliphatic hydroxyl groups excluding tert-OH is 1. The number of aliphatic hydroxyl groups is 1. The first-order valence-corrected chi connectivity index (χ1v) is 10.2. The first kappa shape index (κ1) is 23.9. The minimum absolute atomic E-state index is 0.151. The smallest absolute Gasteiger partial charge is 0.411 e. The molecular formula is C20H33N3O7. The highest BCUT2D eigenvalue weighted by Crippen LogP contribution is 2.25. The summed E-state index contributed by atoms with van der Waals surface area (Å²) in [6, 6.07) is -2.38. The maximum Gasteiger partial charge on any atom is 0.411 e. The summed E-state index contributed by atoms with van der Waals surface area (Å²) in [5.41, 5.74) is -0.734. The van der Waals surface area contributed by atoms with Crippen LogP contribution in [0, 0.1) is 5.92 Å². The van der Waals surface area contributed by atoms with Crippen LogP contribution in [0.25, 0.3) is 0 Å². The predicted molar refractivity (Wildman–Crippen MR) is 106 cm³/mol. The Bertz CT molecular complexity index is 688. The SMILES string of the molecule is COC(=O)[C@H]1C[C@@H](NC(=O)[C@@H]2[C@H](O)CCN2C(=O)OC(C)(C)C)CN1C(=O)C(C)C. The first-order valence-electron chi connectivity index (χ1n) is 10.2. The van der Waals surface area contributed by atoms with E-state index in [1.165, 1.54) is 16.9 Å². The summed E-state index contributed by atoms with van der Waals surface area (Å²) in [6.07, 6.45) is -1.24. The van der Waals surface area contributed by atoms with Gasteiger partial charge < -0.3 is 24.8 Å². The van der Waals surface area contributed by atoms with Crippen molar-refractivity contribution >= 4 is 23.9 Å². The van der Waals surface area contributed by atoms with E-state index in [2.05, 4.69) is 5.32 Å². The lowest BCUT2D eigenvalue weighted by Crippen LogP contribution is -2.53. The van der Waals surface area contributed by atoms with Crippen molar-refractivity contribution in [1.82, 2.24) is 15.1 Å². The van der Waals surface area contributed by atoms with E-state index in [0.29, 0.717) is 0 Å². The van der Waals surface area contributed by atoms with Gasteiger partial charge in [0.2, 0.25) is 11.8 Å². The number of ether oxygens (including phenoxy) is 2. The Morgan fingerprint density at radius 2 is 1.77 bits per heavy atom. The highest BCUT2D eigenvalue weighted by Gasteiger charge is 2.46. The minimum atomic E-state index is -1.09. The fraction of sp³-hybridized carbons (Fsp3) is 0.800. The number of methoxy groups -OCH3 is 1. The number of carbonyl (C=O) groups excluding carboxylic acids is 4. The highest BCUT2D eigenvalue weighted by atomic mass is 16.6. The van der Waals surface area contributed by atoms with Crippen LogP contribution in [0.3, 0.4) is 0 Å². The van der Waals surface area contributed by atoms with Gasteiger partial charge >= 0.3 is 12.1 Å². The summed E-state index contributed by atoms with van der Waals surface area (Å²) in [5.74, 6) is -1.61. The van der Waals surface area contributed by atoms with Crippen molar-refractivity contribution < 1.29 is 33.8 Å². The molecule has 10 nitrogen and oxygen atoms in total. The summed E-state index contributed by atoms with van der Waals surface area (Å²) in [4.78, 5) is 52.6. The van der Waals surface area contributed by atoms with Crippen LogP contribution in [0.5, 0.6) is 0 Å². The van der Waals surface area contributed by atoms with Gasteiger partial charge in [0.05, 0.1) is 13.2 Å². The molecule has 3 amide bonds. The number of esters is 1. The Morgan fingerprint density at radius 3 is 2.30 bits per heavy atom. The summed E-state index contributed by atoms with van der Waals surface area (Å²) >= 11 is 0. The van der Waals surface area contributed by atoms with Gasteiger partial charge in [-0.3, -0.25) is 14.5 Å². The van der Waals surface area contributed by atoms with Gasteiger partial charge in [-0.25, -0.2) is 9.59 Å². The summed E-state index contributed by atoms with van der Waals surface area (Å²) in [5, 5.41) is 13.1. The van der Waals surface area contributed by atoms with Crippen molar-refractivity contribution in [1.29, 1.82) is 0 Å². The molecule has 2 N–H and O–H groups in total. The van der Waals surface area contributed by atoms with E-state index in [9.17, 15) is 24.3 Å². The molecule has 0 bridgehead atoms. The molecule has 0 spiro atoms. The van der Waals surface area contributed by atoms with E-state index in [1.54, 1.807) is 34.6 Å². The fourth-order valence-corrected chi connectivity index (χ4v) is 3.78. The normalized spacial score (nSPS) is 26.7. The van der Waals surface area contributed by atoms with Crippen LogP contribution in [-0.2, 0) is 23.9 Å². The predicted octanol–water partition coefficient (Wildman–Crippen LogP) is 0.271. The summed E-state index contributed by atoms with van der Waals surface area (Å²) < 4.78 is 10.1. The molecule has 4 atom stereocenters. The molecule has 2 fully saturated rings. The summed E-state index contributed by atoms with van der Waals surface area (Å²) in [6.45, 7) is 8.97. The number of hydrogen-bond donors (Lipinski definition) is 2. The molecular weight excluding hydrogens is 394 g/mol. The zero-order chi connectivity index (χ0) is 22.8. The molecule has 170 valence electrons. The Balaban J connectivity index is 2.10. The topological polar surface area (TPSA) is 125 Å². The van der Waals surface area contributed by atoms with Crippen LogP contribution in [0.4, 0.5) is 4.79 Å². The molecule has 10 heteroatoms. The van der Waals surface area contributed by atoms with E-state index >= 15 is 0 Å². The largest absolute Gasteiger partial charge is 0.467 e. The lowest BCUT2D eigenvalue weighted by atomic mass is 10.1. The Morgan fingerprint density at radius 1 is 1.13 bits per heavy atom. The van der Waals surface area contributed by atoms with Crippen LogP contribution >= 0.6 is 0 Å². The van der Waals surface area contributed by atoms with Crippen molar-refractivity contribution in [3.05, 3.63) is 0 Å². The maximum atomic E-state index is 12.9. The molecule has 2 heterocycles. The molecule has 30 heavy (non-hydrogen) atoms. The van der Waals surface area contributed by atoms with Gasteiger partial charge in [0.1, 0.15) is 17.7 Å². The van der Waals surface area contributed by atoms with Gasteiger partial charge in [-0.05, 0) is 27.2 Å². The quantitative estimate of drug-likeness (QED) is 0.617. The Hall–Kier alpha value is -2.36. The molecule has 0 unspecified atom stereocenters. The van der Waals surface area contributed by atoms with Gasteiger partial charge in [-0.15, -0.1) is 0 Å². The van der Waals surface area contributed by atoms with Crippen LogP contribution < -0.4 is 5.32 Å². The van der Waals surface area contributed by atoms with E-state index in [1.807, 2.05) is 0 Å². The Labute approximate surface area is 176 Å². The second-order valence-electron chi connectivity index (χ2n) is 9.10. The zero-order valence-electron chi connectivity index (χ0n) is 18.5. The number of amides is 3. The Kier molecular flexibility index (Phi) is 7.33. The van der Waals surface area contributed by atoms with Crippen molar-refractivity contribution in [3.63, 3.8) is 0 Å². The van der Waals surface area contributed by atoms with Crippen LogP contribution in [0.2, 0.25) is 0 Å². The minimum Gasteiger partial charge on any atom is -0.467 e. The van der Waals surface area contributed by atoms with Gasteiger partial charge in [-0.2, -0.15) is 0 Å². The molecule has 2 aliphatic rings. The third-order valence-corrected chi connectivity index (χ3v) is 5.16. The number of nitrogens with one attached hydrogen (secondary N) is 1. The fourth-order valence-electron chi connectivity index (χ4n) is 3.78. The average molecular weight is 427 g/mol. The maximum absolute atomic E-state index is 12.9. The van der Waals surface area contributed by atoms with Gasteiger partial charge in [0, 0.05) is 31.5 Å². The molecule has 0 radical (unpaired) electrons. The lowest BCUT2D eigenvalue weighted by Gasteiger charge is -2.29. The van der Waals surface area contributed by atoms with Crippen LogP contribution in [0.1, 0.15) is 47.5 Å². The summed E-state index contributed by atoms with van der Waals surface area (Å²) in [7, 11) is 1.25. The highest BCUT2D eigenvalue weighted by molar-refractivity contribution is 5.89. The van der Waals surface area contributed by atoms with E-state index in [4.69, 9.17) is 9.47 Å². The number of carbonyl (C=O) groups is 4. The van der Waals surface area contributed by atoms with Gasteiger partial charge in [-0.1, -0.05) is 13.8 Å². The molecule has 2 aliphatic heterocycles. The molecule has 0 aliphatic carbocycles. The number of rotatable bonds is 4. The molecule has 2 rings (SSSR count). The molecule has 0 aromatic carbocycles. The lowest BCUT2D eigenvalue weighted by molar-refractivity contribution is -0.152. The molecule has 0 aromatic rings. The van der Waals surface area contributed by atoms with Crippen LogP contribution in [0.15, 0.2) is 0 Å². The van der Waals surface area contributed by atoms with Crippen LogP contribution in [-0.4, -0.2) is 88.8 Å². The second-order valence-corrected chi connectivity index (χ2v) is 9.10. The second kappa shape index (κ2) is 9.20. The molecule has 0 saturated carbocycles. The number of nitrogens with zero attached hydrogens (tertiary/aromatic N) is 2.